The van der Waals surface area contributed by atoms with Crippen molar-refractivity contribution in [2.75, 3.05) is 37.3 Å². The number of thioether (sulfide) groups is 2. The molecule has 3 heterocycles. The molecule has 0 radical (unpaired) electrons. The highest BCUT2D eigenvalue weighted by Gasteiger charge is 2.46. The maximum atomic E-state index is 12.3. The summed E-state index contributed by atoms with van der Waals surface area (Å²) in [4.78, 5) is 16.0. The zero-order chi connectivity index (χ0) is 25.2. The Bertz CT molecular complexity index is 817. The van der Waals surface area contributed by atoms with Gasteiger partial charge in [0.2, 0.25) is 5.13 Å². The molecule has 1 amide bonds. The molecule has 194 valence electrons. The average Bonchev–Trinajstić information content (AvgIpc) is 3.24. The van der Waals surface area contributed by atoms with Gasteiger partial charge in [-0.2, -0.15) is 0 Å². The van der Waals surface area contributed by atoms with Crippen molar-refractivity contribution >= 4 is 46.1 Å². The van der Waals surface area contributed by atoms with E-state index in [9.17, 15) is 20.1 Å². The fourth-order valence-electron chi connectivity index (χ4n) is 3.68. The van der Waals surface area contributed by atoms with Gasteiger partial charge in [-0.25, -0.2) is 4.79 Å². The molecule has 3 rings (SSSR count). The van der Waals surface area contributed by atoms with Crippen LogP contribution in [0.1, 0.15) is 27.7 Å². The van der Waals surface area contributed by atoms with E-state index in [-0.39, 0.29) is 11.3 Å². The molecule has 1 aromatic rings. The summed E-state index contributed by atoms with van der Waals surface area (Å²) in [7, 11) is 0. The van der Waals surface area contributed by atoms with Gasteiger partial charge >= 0.3 is 6.09 Å². The molecule has 2 aliphatic heterocycles. The van der Waals surface area contributed by atoms with Crippen molar-refractivity contribution in [1.82, 2.24) is 15.1 Å². The molecule has 0 saturated carbocycles. The second-order valence-electron chi connectivity index (χ2n) is 9.38. The van der Waals surface area contributed by atoms with E-state index >= 15 is 0 Å². The second kappa shape index (κ2) is 11.5. The number of ether oxygens (including phenoxy) is 2. The van der Waals surface area contributed by atoms with Crippen LogP contribution in [0, 0.1) is 0 Å². The second-order valence-corrected chi connectivity index (χ2v) is 12.9. The maximum Gasteiger partial charge on any atom is 0.410 e. The first-order valence-corrected chi connectivity index (χ1v) is 14.1. The lowest BCUT2D eigenvalue weighted by Crippen LogP contribution is -2.62. The van der Waals surface area contributed by atoms with Crippen LogP contribution in [-0.2, 0) is 9.47 Å². The van der Waals surface area contributed by atoms with Crippen molar-refractivity contribution in [2.45, 2.75) is 78.8 Å². The number of aromatic nitrogens is 2. The highest BCUT2D eigenvalue weighted by molar-refractivity contribution is 8.01. The van der Waals surface area contributed by atoms with Gasteiger partial charge in [0.25, 0.3) is 0 Å². The zero-order valence-electron chi connectivity index (χ0n) is 20.0. The lowest BCUT2D eigenvalue weighted by atomic mass is 9.94. The largest absolute Gasteiger partial charge is 0.444 e. The first kappa shape index (κ1) is 27.7. The Balaban J connectivity index is 1.54. The van der Waals surface area contributed by atoms with Crippen LogP contribution in [0.2, 0.25) is 0 Å². The molecule has 2 aliphatic rings. The Labute approximate surface area is 212 Å². The summed E-state index contributed by atoms with van der Waals surface area (Å²) in [6, 6.07) is -0.610. The van der Waals surface area contributed by atoms with E-state index in [4.69, 9.17) is 15.2 Å². The lowest BCUT2D eigenvalue weighted by molar-refractivity contribution is -0.202. The molecule has 5 N–H and O–H groups in total. The van der Waals surface area contributed by atoms with Gasteiger partial charge in [-0.1, -0.05) is 30.0 Å². The molecule has 2 saturated heterocycles. The van der Waals surface area contributed by atoms with Crippen molar-refractivity contribution in [1.29, 1.82) is 0 Å². The van der Waals surface area contributed by atoms with Crippen LogP contribution in [0.3, 0.4) is 0 Å². The molecule has 0 spiro atoms. The summed E-state index contributed by atoms with van der Waals surface area (Å²) in [5, 5.41) is 39.8. The van der Waals surface area contributed by atoms with E-state index in [1.807, 2.05) is 27.7 Å². The molecule has 14 heteroatoms. The number of anilines is 1. The van der Waals surface area contributed by atoms with Crippen LogP contribution >= 0.6 is 34.9 Å². The number of hydrogen-bond acceptors (Lipinski definition) is 13. The number of aliphatic hydroxyl groups is 3. The number of carbonyl (C=O) groups excluding carboxylic acids is 1. The summed E-state index contributed by atoms with van der Waals surface area (Å²) < 4.78 is 12.0. The number of carbonyl (C=O) groups is 1. The third kappa shape index (κ3) is 6.66. The molecular formula is C20H35N5O6S3. The Kier molecular flexibility index (Phi) is 9.34. The standard InChI is InChI=1S/C20H35N5O6S3/c1-10(11(21)15-13(27)12(26)14(28)16(30-15)32-5)33-18-23-22-17(34-18)24-6-8-25(9-7-24)19(29)31-20(2,3)4/h10-16,26-28H,6-9,21H2,1-5H3/t10-,11+,12-,13+,14+,15+,16+/m0/s1. The van der Waals surface area contributed by atoms with Crippen molar-refractivity contribution in [2.24, 2.45) is 5.73 Å². The van der Waals surface area contributed by atoms with Crippen LogP contribution in [0.15, 0.2) is 4.34 Å². The van der Waals surface area contributed by atoms with E-state index in [1.165, 1.54) is 34.9 Å². The highest BCUT2D eigenvalue weighted by Crippen LogP contribution is 2.35. The number of nitrogens with zero attached hydrogens (tertiary/aromatic N) is 4. The first-order valence-electron chi connectivity index (χ1n) is 11.1. The molecule has 7 atom stereocenters. The summed E-state index contributed by atoms with van der Waals surface area (Å²) in [5.74, 6) is 0. The van der Waals surface area contributed by atoms with Crippen LogP contribution in [0.25, 0.3) is 0 Å². The van der Waals surface area contributed by atoms with Crippen molar-refractivity contribution < 1.29 is 29.6 Å². The Morgan fingerprint density at radius 1 is 1.18 bits per heavy atom. The predicted molar refractivity (Wildman–Crippen MR) is 133 cm³/mol. The molecule has 1 aromatic heterocycles. The highest BCUT2D eigenvalue weighted by atomic mass is 32.2. The molecule has 0 aliphatic carbocycles. The number of nitrogens with two attached hydrogens (primary N) is 1. The quantitative estimate of drug-likeness (QED) is 0.375. The summed E-state index contributed by atoms with van der Waals surface area (Å²) in [6.45, 7) is 9.79. The number of aliphatic hydroxyl groups excluding tert-OH is 3. The Morgan fingerprint density at radius 3 is 2.41 bits per heavy atom. The fraction of sp³-hybridized carbons (Fsp3) is 0.850. The monoisotopic (exact) mass is 537 g/mol. The van der Waals surface area contributed by atoms with Crippen molar-refractivity contribution in [3.63, 3.8) is 0 Å². The number of rotatable bonds is 6. The predicted octanol–water partition coefficient (Wildman–Crippen LogP) is 0.574. The molecule has 2 fully saturated rings. The molecule has 0 bridgehead atoms. The third-order valence-corrected chi connectivity index (χ3v) is 8.79. The molecule has 11 nitrogen and oxygen atoms in total. The van der Waals surface area contributed by atoms with Crippen LogP contribution < -0.4 is 10.6 Å². The minimum absolute atomic E-state index is 0.200. The fourth-order valence-corrected chi connectivity index (χ4v) is 6.58. The van der Waals surface area contributed by atoms with Gasteiger partial charge < -0.3 is 40.3 Å². The van der Waals surface area contributed by atoms with Gasteiger partial charge in [0.15, 0.2) is 4.34 Å². The molecule has 0 unspecified atom stereocenters. The van der Waals surface area contributed by atoms with Crippen LogP contribution in [0.4, 0.5) is 9.93 Å². The topological polar surface area (TPSA) is 154 Å². The van der Waals surface area contributed by atoms with Crippen LogP contribution in [0.5, 0.6) is 0 Å². The minimum Gasteiger partial charge on any atom is -0.444 e. The van der Waals surface area contributed by atoms with E-state index in [1.54, 1.807) is 11.2 Å². The first-order chi connectivity index (χ1) is 15.9. The van der Waals surface area contributed by atoms with E-state index in [2.05, 4.69) is 15.1 Å². The summed E-state index contributed by atoms with van der Waals surface area (Å²) in [6.07, 6.45) is -3.18. The number of piperazine rings is 1. The number of hydrogen-bond donors (Lipinski definition) is 4. The Hall–Kier alpha value is -0.870. The normalized spacial score (nSPS) is 30.2. The lowest BCUT2D eigenvalue weighted by Gasteiger charge is -2.43. The smallest absolute Gasteiger partial charge is 0.410 e. The van der Waals surface area contributed by atoms with E-state index in [0.717, 1.165) is 9.47 Å². The number of amides is 1. The SMILES string of the molecule is CS[C@H]1O[C@H]([C@H](N)[C@H](C)Sc2nnc(N3CCN(C(=O)OC(C)(C)C)CC3)s2)[C@H](O)[C@H](O)[C@H]1O. The summed E-state index contributed by atoms with van der Waals surface area (Å²) >= 11 is 4.12. The molecule has 0 aromatic carbocycles. The summed E-state index contributed by atoms with van der Waals surface area (Å²) in [5.41, 5.74) is 5.19. The van der Waals surface area contributed by atoms with Gasteiger partial charge in [-0.05, 0) is 27.0 Å². The van der Waals surface area contributed by atoms with Gasteiger partial charge in [0.05, 0.1) is 0 Å². The third-order valence-electron chi connectivity index (χ3n) is 5.64. The van der Waals surface area contributed by atoms with Gasteiger partial charge in [-0.3, -0.25) is 0 Å². The van der Waals surface area contributed by atoms with Crippen LogP contribution in [-0.4, -0.2) is 116 Å². The maximum absolute atomic E-state index is 12.3. The Morgan fingerprint density at radius 2 is 1.82 bits per heavy atom. The average molecular weight is 538 g/mol. The van der Waals surface area contributed by atoms with E-state index < -0.39 is 41.5 Å². The van der Waals surface area contributed by atoms with Crippen molar-refractivity contribution in [3.8, 4) is 0 Å². The zero-order valence-corrected chi connectivity index (χ0v) is 22.5. The molecule has 34 heavy (non-hydrogen) atoms. The van der Waals surface area contributed by atoms with Gasteiger partial charge in [-0.15, -0.1) is 22.0 Å². The van der Waals surface area contributed by atoms with Gasteiger partial charge in [0.1, 0.15) is 35.5 Å². The van der Waals surface area contributed by atoms with Crippen molar-refractivity contribution in [3.05, 3.63) is 0 Å². The van der Waals surface area contributed by atoms with E-state index in [0.29, 0.717) is 26.2 Å². The minimum atomic E-state index is -1.33. The molecular weight excluding hydrogens is 502 g/mol. The van der Waals surface area contributed by atoms with Gasteiger partial charge in [0, 0.05) is 37.5 Å².